The summed E-state index contributed by atoms with van der Waals surface area (Å²) in [5.41, 5.74) is 1.23. The molecule has 1 fully saturated rings. The summed E-state index contributed by atoms with van der Waals surface area (Å²) in [7, 11) is 0. The number of piperidine rings is 1. The average Bonchev–Trinajstić information content (AvgIpc) is 2.81. The van der Waals surface area contributed by atoms with Crippen molar-refractivity contribution in [3.63, 3.8) is 0 Å². The molecule has 1 aliphatic heterocycles. The lowest BCUT2D eigenvalue weighted by molar-refractivity contribution is 0.531. The molecule has 0 aromatic carbocycles. The van der Waals surface area contributed by atoms with E-state index in [9.17, 15) is 0 Å². The maximum Gasteiger partial charge on any atom is 0.0897 e. The van der Waals surface area contributed by atoms with Gasteiger partial charge in [-0.3, -0.25) is 0 Å². The summed E-state index contributed by atoms with van der Waals surface area (Å²) in [5, 5.41) is 11.1. The first-order valence-electron chi connectivity index (χ1n) is 6.78. The van der Waals surface area contributed by atoms with E-state index in [4.69, 9.17) is 0 Å². The molecule has 0 amide bonds. The van der Waals surface area contributed by atoms with E-state index >= 15 is 0 Å². The fourth-order valence-electron chi connectivity index (χ4n) is 2.12. The van der Waals surface area contributed by atoms with Crippen LogP contribution >= 0.6 is 23.1 Å². The number of aromatic nitrogens is 1. The van der Waals surface area contributed by atoms with Crippen LogP contribution in [0.5, 0.6) is 0 Å². The number of aryl methyl sites for hydroxylation is 1. The van der Waals surface area contributed by atoms with E-state index < -0.39 is 0 Å². The van der Waals surface area contributed by atoms with Gasteiger partial charge in [0.25, 0.3) is 0 Å². The van der Waals surface area contributed by atoms with Crippen LogP contribution in [-0.2, 0) is 6.42 Å². The van der Waals surface area contributed by atoms with Crippen molar-refractivity contribution in [1.29, 1.82) is 0 Å². The average molecular weight is 285 g/mol. The van der Waals surface area contributed by atoms with Gasteiger partial charge in [-0.15, -0.1) is 11.3 Å². The fourth-order valence-corrected chi connectivity index (χ4v) is 3.94. The van der Waals surface area contributed by atoms with Crippen LogP contribution < -0.4 is 10.6 Å². The van der Waals surface area contributed by atoms with E-state index in [0.29, 0.717) is 0 Å². The SMILES string of the molecule is Cc1nc(CCNCCSC2CCNCC2)cs1. The fraction of sp³-hybridized carbons (Fsp3) is 0.769. The highest BCUT2D eigenvalue weighted by Crippen LogP contribution is 2.19. The Hall–Kier alpha value is -0.100. The van der Waals surface area contributed by atoms with Crippen molar-refractivity contribution in [2.45, 2.75) is 31.4 Å². The molecular weight excluding hydrogens is 262 g/mol. The molecule has 102 valence electrons. The molecule has 0 saturated carbocycles. The molecule has 0 spiro atoms. The molecule has 5 heteroatoms. The Balaban J connectivity index is 1.46. The summed E-state index contributed by atoms with van der Waals surface area (Å²) in [6.45, 7) is 6.65. The Morgan fingerprint density at radius 1 is 1.44 bits per heavy atom. The van der Waals surface area contributed by atoms with E-state index in [-0.39, 0.29) is 0 Å². The second-order valence-corrected chi connectivity index (χ2v) is 7.15. The molecule has 0 aliphatic carbocycles. The molecule has 1 aliphatic rings. The lowest BCUT2D eigenvalue weighted by atomic mass is 10.2. The summed E-state index contributed by atoms with van der Waals surface area (Å²) in [6, 6.07) is 0. The minimum atomic E-state index is 0.884. The molecule has 0 unspecified atom stereocenters. The number of thiazole rings is 1. The zero-order valence-corrected chi connectivity index (χ0v) is 12.7. The first kappa shape index (κ1) is 14.3. The largest absolute Gasteiger partial charge is 0.317 e. The first-order chi connectivity index (χ1) is 8.84. The second kappa shape index (κ2) is 8.15. The highest BCUT2D eigenvalue weighted by atomic mass is 32.2. The lowest BCUT2D eigenvalue weighted by Gasteiger charge is -2.21. The maximum atomic E-state index is 4.47. The predicted octanol–water partition coefficient (Wildman–Crippen LogP) is 2.07. The van der Waals surface area contributed by atoms with Gasteiger partial charge in [0.05, 0.1) is 10.7 Å². The Morgan fingerprint density at radius 2 is 2.28 bits per heavy atom. The molecule has 0 bridgehead atoms. The van der Waals surface area contributed by atoms with Crippen LogP contribution in [0.1, 0.15) is 23.5 Å². The molecule has 2 rings (SSSR count). The van der Waals surface area contributed by atoms with Gasteiger partial charge in [0.15, 0.2) is 0 Å². The third-order valence-electron chi connectivity index (χ3n) is 3.14. The Bertz CT molecular complexity index is 335. The van der Waals surface area contributed by atoms with Crippen LogP contribution in [0, 0.1) is 6.92 Å². The van der Waals surface area contributed by atoms with Gasteiger partial charge in [0.1, 0.15) is 0 Å². The van der Waals surface area contributed by atoms with Crippen molar-refractivity contribution in [3.8, 4) is 0 Å². The van der Waals surface area contributed by atoms with Crippen molar-refractivity contribution in [2.75, 3.05) is 31.9 Å². The monoisotopic (exact) mass is 285 g/mol. The number of nitrogens with zero attached hydrogens (tertiary/aromatic N) is 1. The smallest absolute Gasteiger partial charge is 0.0897 e. The molecule has 3 nitrogen and oxygen atoms in total. The predicted molar refractivity (Wildman–Crippen MR) is 81.8 cm³/mol. The third kappa shape index (κ3) is 5.26. The van der Waals surface area contributed by atoms with Crippen LogP contribution in [0.4, 0.5) is 0 Å². The first-order valence-corrected chi connectivity index (χ1v) is 8.71. The number of rotatable bonds is 7. The normalized spacial score (nSPS) is 17.2. The van der Waals surface area contributed by atoms with Gasteiger partial charge in [0, 0.05) is 35.9 Å². The quantitative estimate of drug-likeness (QED) is 0.752. The molecule has 18 heavy (non-hydrogen) atoms. The molecule has 0 radical (unpaired) electrons. The molecule has 2 N–H and O–H groups in total. The van der Waals surface area contributed by atoms with Gasteiger partial charge in [0.2, 0.25) is 0 Å². The Kier molecular flexibility index (Phi) is 6.48. The summed E-state index contributed by atoms with van der Waals surface area (Å²) in [5.74, 6) is 1.24. The molecule has 1 saturated heterocycles. The van der Waals surface area contributed by atoms with Crippen molar-refractivity contribution in [1.82, 2.24) is 15.6 Å². The molecule has 2 heterocycles. The van der Waals surface area contributed by atoms with Gasteiger partial charge in [-0.05, 0) is 32.9 Å². The minimum Gasteiger partial charge on any atom is -0.317 e. The third-order valence-corrected chi connectivity index (χ3v) is 5.35. The number of thioether (sulfide) groups is 1. The van der Waals surface area contributed by atoms with Gasteiger partial charge in [-0.1, -0.05) is 0 Å². The second-order valence-electron chi connectivity index (χ2n) is 4.68. The van der Waals surface area contributed by atoms with Crippen molar-refractivity contribution in [2.24, 2.45) is 0 Å². The molecular formula is C13H23N3S2. The van der Waals surface area contributed by atoms with E-state index in [1.54, 1.807) is 11.3 Å². The van der Waals surface area contributed by atoms with Crippen LogP contribution in [0.25, 0.3) is 0 Å². The zero-order chi connectivity index (χ0) is 12.6. The van der Waals surface area contributed by atoms with E-state index in [2.05, 4.69) is 39.7 Å². The number of nitrogens with one attached hydrogen (secondary N) is 2. The van der Waals surface area contributed by atoms with Crippen LogP contribution in [0.3, 0.4) is 0 Å². The molecule has 0 atom stereocenters. The summed E-state index contributed by atoms with van der Waals surface area (Å²) in [6.07, 6.45) is 3.73. The van der Waals surface area contributed by atoms with Crippen LogP contribution in [0.2, 0.25) is 0 Å². The zero-order valence-electron chi connectivity index (χ0n) is 11.1. The minimum absolute atomic E-state index is 0.884. The maximum absolute atomic E-state index is 4.47. The standard InChI is InChI=1S/C13H23N3S2/c1-11-16-12(10-18-11)2-5-15-8-9-17-13-3-6-14-7-4-13/h10,13-15H,2-9H2,1H3. The van der Waals surface area contributed by atoms with Crippen molar-refractivity contribution in [3.05, 3.63) is 16.1 Å². The van der Waals surface area contributed by atoms with Gasteiger partial charge in [-0.25, -0.2) is 4.98 Å². The number of hydrogen-bond acceptors (Lipinski definition) is 5. The van der Waals surface area contributed by atoms with Gasteiger partial charge >= 0.3 is 0 Å². The van der Waals surface area contributed by atoms with Crippen LogP contribution in [-0.4, -0.2) is 42.2 Å². The topological polar surface area (TPSA) is 37.0 Å². The lowest BCUT2D eigenvalue weighted by Crippen LogP contribution is -2.30. The Labute approximate surface area is 118 Å². The molecule has 1 aromatic rings. The molecule has 1 aromatic heterocycles. The number of hydrogen-bond donors (Lipinski definition) is 2. The van der Waals surface area contributed by atoms with E-state index in [0.717, 1.165) is 24.8 Å². The van der Waals surface area contributed by atoms with Gasteiger partial charge in [-0.2, -0.15) is 11.8 Å². The van der Waals surface area contributed by atoms with E-state index in [1.807, 2.05) is 0 Å². The summed E-state index contributed by atoms with van der Waals surface area (Å²) < 4.78 is 0. The summed E-state index contributed by atoms with van der Waals surface area (Å²) >= 11 is 3.87. The highest BCUT2D eigenvalue weighted by Gasteiger charge is 2.12. The Morgan fingerprint density at radius 3 is 3.00 bits per heavy atom. The van der Waals surface area contributed by atoms with E-state index in [1.165, 1.54) is 42.4 Å². The van der Waals surface area contributed by atoms with Crippen LogP contribution in [0.15, 0.2) is 5.38 Å². The van der Waals surface area contributed by atoms with Crippen molar-refractivity contribution >= 4 is 23.1 Å². The summed E-state index contributed by atoms with van der Waals surface area (Å²) in [4.78, 5) is 4.47. The van der Waals surface area contributed by atoms with Crippen molar-refractivity contribution < 1.29 is 0 Å². The van der Waals surface area contributed by atoms with Gasteiger partial charge < -0.3 is 10.6 Å². The highest BCUT2D eigenvalue weighted by molar-refractivity contribution is 7.99.